The molecule has 1 heterocycles. The van der Waals surface area contributed by atoms with Gasteiger partial charge in [-0.3, -0.25) is 14.8 Å². The van der Waals surface area contributed by atoms with E-state index in [2.05, 4.69) is 5.32 Å². The van der Waals surface area contributed by atoms with Gasteiger partial charge in [-0.25, -0.2) is 19.6 Å². The fourth-order valence-electron chi connectivity index (χ4n) is 3.83. The molecule has 8 heteroatoms. The van der Waals surface area contributed by atoms with E-state index < -0.39 is 35.8 Å². The summed E-state index contributed by atoms with van der Waals surface area (Å²) in [6.07, 6.45) is 1.07. The molecule has 0 spiro atoms. The molecule has 7 nitrogen and oxygen atoms in total. The molecule has 2 unspecified atom stereocenters. The maximum absolute atomic E-state index is 14.6. The molecule has 1 aliphatic rings. The summed E-state index contributed by atoms with van der Waals surface area (Å²) < 4.78 is 14.6. The number of carbonyl (C=O) groups is 3. The minimum Gasteiger partial charge on any atom is -0.326 e. The molecule has 2 aromatic carbocycles. The summed E-state index contributed by atoms with van der Waals surface area (Å²) in [5, 5.41) is 11.5. The lowest BCUT2D eigenvalue weighted by Crippen LogP contribution is -2.52. The Morgan fingerprint density at radius 1 is 1.16 bits per heavy atom. The smallest absolute Gasteiger partial charge is 0.325 e. The minimum absolute atomic E-state index is 0.196. The van der Waals surface area contributed by atoms with Crippen LogP contribution in [-0.2, 0) is 22.4 Å². The SMILES string of the molecule is CC(C)C(C(=O)NO)N1C(=O)NC(CCc2ccc(Cc3ccccc3)cc2F)C1=O. The van der Waals surface area contributed by atoms with Crippen LogP contribution in [0.15, 0.2) is 48.5 Å². The molecule has 3 rings (SSSR count). The Kier molecular flexibility index (Phi) is 7.02. The van der Waals surface area contributed by atoms with Crippen molar-refractivity contribution < 1.29 is 24.0 Å². The first-order valence-electron chi connectivity index (χ1n) is 10.2. The molecule has 164 valence electrons. The molecule has 4 amide bonds. The fraction of sp³-hybridized carbons (Fsp3) is 0.348. The number of hydrogen-bond donors (Lipinski definition) is 3. The fourth-order valence-corrected chi connectivity index (χ4v) is 3.83. The maximum atomic E-state index is 14.6. The van der Waals surface area contributed by atoms with Gasteiger partial charge in [-0.15, -0.1) is 0 Å². The van der Waals surface area contributed by atoms with Gasteiger partial charge in [0.1, 0.15) is 17.9 Å². The second-order valence-electron chi connectivity index (χ2n) is 8.00. The highest BCUT2D eigenvalue weighted by atomic mass is 19.1. The predicted molar refractivity (Wildman–Crippen MR) is 112 cm³/mol. The van der Waals surface area contributed by atoms with Crippen LogP contribution in [0.2, 0.25) is 0 Å². The van der Waals surface area contributed by atoms with Crippen molar-refractivity contribution in [3.8, 4) is 0 Å². The molecule has 2 atom stereocenters. The largest absolute Gasteiger partial charge is 0.326 e. The van der Waals surface area contributed by atoms with Gasteiger partial charge >= 0.3 is 6.03 Å². The number of aryl methyl sites for hydroxylation is 1. The Hall–Kier alpha value is -3.26. The van der Waals surface area contributed by atoms with Crippen LogP contribution in [0.25, 0.3) is 0 Å². The van der Waals surface area contributed by atoms with Crippen LogP contribution in [0, 0.1) is 11.7 Å². The summed E-state index contributed by atoms with van der Waals surface area (Å²) >= 11 is 0. The van der Waals surface area contributed by atoms with Gasteiger partial charge < -0.3 is 5.32 Å². The van der Waals surface area contributed by atoms with E-state index in [9.17, 15) is 18.8 Å². The first-order valence-corrected chi connectivity index (χ1v) is 10.2. The number of halogens is 1. The van der Waals surface area contributed by atoms with Crippen LogP contribution < -0.4 is 10.8 Å². The van der Waals surface area contributed by atoms with E-state index >= 15 is 0 Å². The van der Waals surface area contributed by atoms with Crippen molar-refractivity contribution in [3.63, 3.8) is 0 Å². The topological polar surface area (TPSA) is 98.7 Å². The number of urea groups is 1. The Balaban J connectivity index is 1.65. The zero-order valence-electron chi connectivity index (χ0n) is 17.5. The highest BCUT2D eigenvalue weighted by Gasteiger charge is 2.45. The van der Waals surface area contributed by atoms with Crippen molar-refractivity contribution >= 4 is 17.8 Å². The van der Waals surface area contributed by atoms with E-state index in [1.165, 1.54) is 11.5 Å². The Labute approximate surface area is 180 Å². The zero-order valence-corrected chi connectivity index (χ0v) is 17.5. The van der Waals surface area contributed by atoms with Gasteiger partial charge in [-0.2, -0.15) is 0 Å². The van der Waals surface area contributed by atoms with Gasteiger partial charge in [0.05, 0.1) is 0 Å². The van der Waals surface area contributed by atoms with Gasteiger partial charge in [0.15, 0.2) is 0 Å². The summed E-state index contributed by atoms with van der Waals surface area (Å²) in [7, 11) is 0. The van der Waals surface area contributed by atoms with Gasteiger partial charge in [0.2, 0.25) is 0 Å². The summed E-state index contributed by atoms with van der Waals surface area (Å²) in [5.41, 5.74) is 3.88. The second-order valence-corrected chi connectivity index (χ2v) is 8.00. The molecule has 1 aliphatic heterocycles. The van der Waals surface area contributed by atoms with Crippen LogP contribution in [0.4, 0.5) is 9.18 Å². The Morgan fingerprint density at radius 2 is 1.87 bits per heavy atom. The van der Waals surface area contributed by atoms with Crippen molar-refractivity contribution in [1.29, 1.82) is 0 Å². The maximum Gasteiger partial charge on any atom is 0.325 e. The monoisotopic (exact) mass is 427 g/mol. The number of carbonyl (C=O) groups excluding carboxylic acids is 3. The summed E-state index contributed by atoms with van der Waals surface area (Å²) in [4.78, 5) is 37.8. The van der Waals surface area contributed by atoms with Crippen molar-refractivity contribution in [2.45, 2.75) is 45.2 Å². The number of imide groups is 1. The standard InChI is InChI=1S/C23H26FN3O4/c1-14(2)20(21(28)26-31)27-22(29)19(25-23(27)30)11-10-17-9-8-16(13-18(17)24)12-15-6-4-3-5-7-15/h3-9,13-14,19-20,31H,10-12H2,1-2H3,(H,25,30)(H,26,28). The van der Waals surface area contributed by atoms with Crippen molar-refractivity contribution in [2.24, 2.45) is 5.92 Å². The molecule has 0 bridgehead atoms. The lowest BCUT2D eigenvalue weighted by atomic mass is 9.99. The number of rotatable bonds is 8. The molecule has 2 aromatic rings. The molecule has 3 N–H and O–H groups in total. The molecule has 0 radical (unpaired) electrons. The number of nitrogens with zero attached hydrogens (tertiary/aromatic N) is 1. The Morgan fingerprint density at radius 3 is 2.48 bits per heavy atom. The molecular weight excluding hydrogens is 401 g/mol. The third kappa shape index (κ3) is 5.08. The predicted octanol–water partition coefficient (Wildman–Crippen LogP) is 2.80. The van der Waals surface area contributed by atoms with Gasteiger partial charge in [0.25, 0.3) is 11.8 Å². The molecule has 1 saturated heterocycles. The highest BCUT2D eigenvalue weighted by Crippen LogP contribution is 2.21. The molecule has 0 aliphatic carbocycles. The number of benzene rings is 2. The number of hydroxylamine groups is 1. The summed E-state index contributed by atoms with van der Waals surface area (Å²) in [6.45, 7) is 3.33. The van der Waals surface area contributed by atoms with Gasteiger partial charge in [0, 0.05) is 0 Å². The van der Waals surface area contributed by atoms with Crippen LogP contribution >= 0.6 is 0 Å². The summed E-state index contributed by atoms with van der Waals surface area (Å²) in [5.74, 6) is -2.15. The lowest BCUT2D eigenvalue weighted by molar-refractivity contribution is -0.142. The summed E-state index contributed by atoms with van der Waals surface area (Å²) in [6, 6.07) is 12.1. The highest BCUT2D eigenvalue weighted by molar-refractivity contribution is 6.07. The first kappa shape index (κ1) is 22.4. The molecular formula is C23H26FN3O4. The van der Waals surface area contributed by atoms with Crippen LogP contribution in [0.1, 0.15) is 37.0 Å². The lowest BCUT2D eigenvalue weighted by Gasteiger charge is -2.26. The van der Waals surface area contributed by atoms with Crippen molar-refractivity contribution in [1.82, 2.24) is 15.7 Å². The minimum atomic E-state index is -1.13. The zero-order chi connectivity index (χ0) is 22.5. The van der Waals surface area contributed by atoms with Crippen molar-refractivity contribution in [2.75, 3.05) is 0 Å². The van der Waals surface area contributed by atoms with E-state index in [0.29, 0.717) is 12.0 Å². The quantitative estimate of drug-likeness (QED) is 0.343. The van der Waals surface area contributed by atoms with Gasteiger partial charge in [-0.05, 0) is 47.9 Å². The third-order valence-electron chi connectivity index (χ3n) is 5.41. The molecule has 0 aromatic heterocycles. The first-order chi connectivity index (χ1) is 14.8. The van der Waals surface area contributed by atoms with E-state index in [1.54, 1.807) is 19.9 Å². The molecule has 0 saturated carbocycles. The Bertz CT molecular complexity index is 965. The molecule has 31 heavy (non-hydrogen) atoms. The van der Waals surface area contributed by atoms with Crippen molar-refractivity contribution in [3.05, 3.63) is 71.0 Å². The van der Waals surface area contributed by atoms with E-state index in [4.69, 9.17) is 5.21 Å². The van der Waals surface area contributed by atoms with Crippen LogP contribution in [-0.4, -0.2) is 40.0 Å². The average molecular weight is 427 g/mol. The number of amides is 4. The van der Waals surface area contributed by atoms with E-state index in [-0.39, 0.29) is 18.7 Å². The van der Waals surface area contributed by atoms with E-state index in [1.807, 2.05) is 36.4 Å². The second kappa shape index (κ2) is 9.70. The normalized spacial score (nSPS) is 17.1. The van der Waals surface area contributed by atoms with E-state index in [0.717, 1.165) is 16.0 Å². The number of nitrogens with one attached hydrogen (secondary N) is 2. The van der Waals surface area contributed by atoms with Crippen LogP contribution in [0.5, 0.6) is 0 Å². The van der Waals surface area contributed by atoms with Crippen LogP contribution in [0.3, 0.4) is 0 Å². The third-order valence-corrected chi connectivity index (χ3v) is 5.41. The molecule has 1 fully saturated rings. The average Bonchev–Trinajstić information content (AvgIpc) is 3.01. The number of hydrogen-bond acceptors (Lipinski definition) is 4. The van der Waals surface area contributed by atoms with Gasteiger partial charge in [-0.1, -0.05) is 56.3 Å².